The summed E-state index contributed by atoms with van der Waals surface area (Å²) in [5.41, 5.74) is 0. The molecule has 1 rings (SSSR count). The van der Waals surface area contributed by atoms with Crippen LogP contribution < -0.4 is 0 Å². The lowest BCUT2D eigenvalue weighted by molar-refractivity contribution is -0.113. The molecule has 1 aliphatic heterocycles. The zero-order valence-electron chi connectivity index (χ0n) is 8.20. The van der Waals surface area contributed by atoms with Crippen LogP contribution in [0.5, 0.6) is 0 Å². The van der Waals surface area contributed by atoms with E-state index >= 15 is 0 Å². The predicted molar refractivity (Wildman–Crippen MR) is 49.6 cm³/mol. The molecule has 1 aliphatic rings. The van der Waals surface area contributed by atoms with Crippen molar-refractivity contribution in [3.63, 3.8) is 0 Å². The van der Waals surface area contributed by atoms with E-state index in [9.17, 15) is 4.79 Å². The van der Waals surface area contributed by atoms with Crippen LogP contribution in [0, 0.1) is 5.92 Å². The number of hydrogen-bond acceptors (Lipinski definition) is 3. The second-order valence-corrected chi connectivity index (χ2v) is 3.43. The molecule has 0 aromatic heterocycles. The molecule has 3 nitrogen and oxygen atoms in total. The van der Waals surface area contributed by atoms with Crippen LogP contribution in [0.15, 0.2) is 0 Å². The molecule has 0 unspecified atom stereocenters. The van der Waals surface area contributed by atoms with Crippen molar-refractivity contribution in [1.29, 1.82) is 0 Å². The molecule has 0 N–H and O–H groups in total. The summed E-state index contributed by atoms with van der Waals surface area (Å²) >= 11 is 0. The Morgan fingerprint density at radius 3 is 3.15 bits per heavy atom. The summed E-state index contributed by atoms with van der Waals surface area (Å²) in [6.07, 6.45) is 4.07. The molecule has 0 aromatic carbocycles. The first-order chi connectivity index (χ1) is 6.38. The summed E-state index contributed by atoms with van der Waals surface area (Å²) in [5, 5.41) is 0. The second kappa shape index (κ2) is 6.11. The molecule has 1 heterocycles. The van der Waals surface area contributed by atoms with Crippen LogP contribution in [-0.4, -0.2) is 32.2 Å². The molecule has 0 amide bonds. The molecule has 0 aliphatic carbocycles. The first-order valence-corrected chi connectivity index (χ1v) is 5.03. The quantitative estimate of drug-likeness (QED) is 0.464. The molecular formula is C10H18O3. The third-order valence-electron chi connectivity index (χ3n) is 2.36. The third-order valence-corrected chi connectivity index (χ3v) is 2.36. The molecule has 0 bridgehead atoms. The van der Waals surface area contributed by atoms with Crippen LogP contribution in [0.25, 0.3) is 0 Å². The lowest BCUT2D eigenvalue weighted by Crippen LogP contribution is -2.23. The van der Waals surface area contributed by atoms with Crippen LogP contribution in [0.3, 0.4) is 0 Å². The Balaban J connectivity index is 2.09. The Morgan fingerprint density at radius 2 is 2.46 bits per heavy atom. The van der Waals surface area contributed by atoms with Gasteiger partial charge in [0.15, 0.2) is 0 Å². The molecule has 1 fully saturated rings. The fourth-order valence-corrected chi connectivity index (χ4v) is 1.44. The minimum atomic E-state index is 0.00866. The van der Waals surface area contributed by atoms with Crippen molar-refractivity contribution in [1.82, 2.24) is 0 Å². The molecule has 1 saturated heterocycles. The molecule has 76 valence electrons. The van der Waals surface area contributed by atoms with Gasteiger partial charge in [0.2, 0.25) is 0 Å². The van der Waals surface area contributed by atoms with E-state index in [4.69, 9.17) is 9.47 Å². The van der Waals surface area contributed by atoms with Crippen LogP contribution in [0.4, 0.5) is 0 Å². The SMILES string of the molecule is CCCCOC[C@@H]1OCC[C@H]1C=O. The van der Waals surface area contributed by atoms with Crippen molar-refractivity contribution < 1.29 is 14.3 Å². The average Bonchev–Trinajstić information content (AvgIpc) is 2.60. The van der Waals surface area contributed by atoms with E-state index in [0.717, 1.165) is 32.2 Å². The third kappa shape index (κ3) is 3.44. The number of aldehydes is 1. The van der Waals surface area contributed by atoms with Gasteiger partial charge in [0, 0.05) is 19.1 Å². The molecule has 3 heteroatoms. The normalized spacial score (nSPS) is 27.8. The molecule has 2 atom stereocenters. The molecular weight excluding hydrogens is 168 g/mol. The highest BCUT2D eigenvalue weighted by Gasteiger charge is 2.27. The summed E-state index contributed by atoms with van der Waals surface area (Å²) in [6, 6.07) is 0. The highest BCUT2D eigenvalue weighted by molar-refractivity contribution is 5.54. The van der Waals surface area contributed by atoms with Gasteiger partial charge in [0.25, 0.3) is 0 Å². The number of ether oxygens (including phenoxy) is 2. The minimum Gasteiger partial charge on any atom is -0.379 e. The van der Waals surface area contributed by atoms with Gasteiger partial charge in [0.1, 0.15) is 6.29 Å². The summed E-state index contributed by atoms with van der Waals surface area (Å²) in [6.45, 7) is 4.18. The van der Waals surface area contributed by atoms with Crippen molar-refractivity contribution in [3.8, 4) is 0 Å². The fourth-order valence-electron chi connectivity index (χ4n) is 1.44. The van der Waals surface area contributed by atoms with E-state index in [-0.39, 0.29) is 12.0 Å². The number of unbranched alkanes of at least 4 members (excludes halogenated alkanes) is 1. The van der Waals surface area contributed by atoms with E-state index in [0.29, 0.717) is 13.2 Å². The van der Waals surface area contributed by atoms with Gasteiger partial charge >= 0.3 is 0 Å². The van der Waals surface area contributed by atoms with Crippen molar-refractivity contribution in [2.45, 2.75) is 32.3 Å². The average molecular weight is 186 g/mol. The standard InChI is InChI=1S/C10H18O3/c1-2-3-5-12-8-10-9(7-11)4-6-13-10/h7,9-10H,2-6,8H2,1H3/t9-,10-/m0/s1. The highest BCUT2D eigenvalue weighted by atomic mass is 16.5. The maximum Gasteiger partial charge on any atom is 0.125 e. The van der Waals surface area contributed by atoms with Crippen LogP contribution in [0.1, 0.15) is 26.2 Å². The van der Waals surface area contributed by atoms with Crippen LogP contribution >= 0.6 is 0 Å². The summed E-state index contributed by atoms with van der Waals surface area (Å²) in [5.74, 6) is 0.0571. The number of carbonyl (C=O) groups excluding carboxylic acids is 1. The number of carbonyl (C=O) groups is 1. The van der Waals surface area contributed by atoms with E-state index in [1.807, 2.05) is 0 Å². The summed E-state index contributed by atoms with van der Waals surface area (Å²) < 4.78 is 10.8. The number of rotatable bonds is 6. The van der Waals surface area contributed by atoms with Crippen molar-refractivity contribution in [3.05, 3.63) is 0 Å². The molecule has 13 heavy (non-hydrogen) atoms. The maximum absolute atomic E-state index is 10.6. The van der Waals surface area contributed by atoms with Crippen LogP contribution in [0.2, 0.25) is 0 Å². The van der Waals surface area contributed by atoms with Gasteiger partial charge in [-0.05, 0) is 12.8 Å². The molecule has 0 spiro atoms. The van der Waals surface area contributed by atoms with Gasteiger partial charge in [-0.15, -0.1) is 0 Å². The summed E-state index contributed by atoms with van der Waals surface area (Å²) in [4.78, 5) is 10.6. The Labute approximate surface area is 79.4 Å². The monoisotopic (exact) mass is 186 g/mol. The van der Waals surface area contributed by atoms with Gasteiger partial charge in [-0.2, -0.15) is 0 Å². The first kappa shape index (κ1) is 10.7. The van der Waals surface area contributed by atoms with E-state index in [1.165, 1.54) is 0 Å². The van der Waals surface area contributed by atoms with E-state index < -0.39 is 0 Å². The van der Waals surface area contributed by atoms with Gasteiger partial charge < -0.3 is 14.3 Å². The zero-order chi connectivity index (χ0) is 9.52. The molecule has 0 saturated carbocycles. The van der Waals surface area contributed by atoms with Gasteiger partial charge in [-0.3, -0.25) is 0 Å². The predicted octanol–water partition coefficient (Wildman–Crippen LogP) is 1.41. The fraction of sp³-hybridized carbons (Fsp3) is 0.900. The van der Waals surface area contributed by atoms with Gasteiger partial charge in [-0.25, -0.2) is 0 Å². The van der Waals surface area contributed by atoms with Gasteiger partial charge in [-0.1, -0.05) is 13.3 Å². The Bertz CT molecular complexity index is 147. The summed E-state index contributed by atoms with van der Waals surface area (Å²) in [7, 11) is 0. The lowest BCUT2D eigenvalue weighted by atomic mass is 10.0. The zero-order valence-corrected chi connectivity index (χ0v) is 8.20. The molecule has 0 radical (unpaired) electrons. The highest BCUT2D eigenvalue weighted by Crippen LogP contribution is 2.18. The Hall–Kier alpha value is -0.410. The Kier molecular flexibility index (Phi) is 5.01. The smallest absolute Gasteiger partial charge is 0.125 e. The van der Waals surface area contributed by atoms with Crippen molar-refractivity contribution in [2.24, 2.45) is 5.92 Å². The maximum atomic E-state index is 10.6. The Morgan fingerprint density at radius 1 is 1.62 bits per heavy atom. The lowest BCUT2D eigenvalue weighted by Gasteiger charge is -2.13. The van der Waals surface area contributed by atoms with E-state index in [2.05, 4.69) is 6.92 Å². The second-order valence-electron chi connectivity index (χ2n) is 3.43. The van der Waals surface area contributed by atoms with E-state index in [1.54, 1.807) is 0 Å². The van der Waals surface area contributed by atoms with Crippen LogP contribution in [-0.2, 0) is 14.3 Å². The molecule has 0 aromatic rings. The van der Waals surface area contributed by atoms with Crippen molar-refractivity contribution in [2.75, 3.05) is 19.8 Å². The largest absolute Gasteiger partial charge is 0.379 e. The topological polar surface area (TPSA) is 35.5 Å². The van der Waals surface area contributed by atoms with Gasteiger partial charge in [0.05, 0.1) is 12.7 Å². The number of hydrogen-bond donors (Lipinski definition) is 0. The first-order valence-electron chi connectivity index (χ1n) is 5.03. The van der Waals surface area contributed by atoms with Crippen molar-refractivity contribution >= 4 is 6.29 Å². The minimum absolute atomic E-state index is 0.00866.